The summed E-state index contributed by atoms with van der Waals surface area (Å²) >= 11 is 0. The number of esters is 1. The van der Waals surface area contributed by atoms with E-state index in [0.29, 0.717) is 11.3 Å². The number of methoxy groups -OCH3 is 1. The summed E-state index contributed by atoms with van der Waals surface area (Å²) in [6.07, 6.45) is 0. The minimum absolute atomic E-state index is 0.137. The maximum absolute atomic E-state index is 12.3. The predicted octanol–water partition coefficient (Wildman–Crippen LogP) is 2.20. The molecule has 0 aliphatic heterocycles. The zero-order valence-corrected chi connectivity index (χ0v) is 14.5. The molecule has 128 valence electrons. The first-order valence-corrected chi connectivity index (χ1v) is 8.72. The number of ether oxygens (including phenoxy) is 2. The lowest BCUT2D eigenvalue weighted by Gasteiger charge is -2.11. The van der Waals surface area contributed by atoms with Crippen molar-refractivity contribution in [2.75, 3.05) is 13.7 Å². The maximum Gasteiger partial charge on any atom is 0.326 e. The molecule has 2 aromatic carbocycles. The molecule has 1 N–H and O–H groups in total. The Labute approximate surface area is 141 Å². The van der Waals surface area contributed by atoms with Crippen molar-refractivity contribution >= 4 is 16.0 Å². The summed E-state index contributed by atoms with van der Waals surface area (Å²) < 4.78 is 37.0. The standard InChI is InChI=1S/C17H19NO5S/c1-12-8-9-16(13(2)10-12)24(20,21)18-11-17(19)23-15-7-5-4-6-14(15)22-3/h4-10,18H,11H2,1-3H3. The van der Waals surface area contributed by atoms with E-state index in [9.17, 15) is 13.2 Å². The molecule has 0 radical (unpaired) electrons. The average Bonchev–Trinajstić information content (AvgIpc) is 2.53. The summed E-state index contributed by atoms with van der Waals surface area (Å²) in [5, 5.41) is 0. The van der Waals surface area contributed by atoms with Gasteiger partial charge in [-0.05, 0) is 37.6 Å². The first-order chi connectivity index (χ1) is 11.3. The van der Waals surface area contributed by atoms with Crippen LogP contribution < -0.4 is 14.2 Å². The molecule has 0 fully saturated rings. The lowest BCUT2D eigenvalue weighted by Crippen LogP contribution is -2.32. The molecule has 6 nitrogen and oxygen atoms in total. The molecular weight excluding hydrogens is 330 g/mol. The highest BCUT2D eigenvalue weighted by Crippen LogP contribution is 2.25. The van der Waals surface area contributed by atoms with Crippen molar-refractivity contribution in [3.63, 3.8) is 0 Å². The van der Waals surface area contributed by atoms with E-state index in [-0.39, 0.29) is 10.6 Å². The first kappa shape index (κ1) is 18.0. The summed E-state index contributed by atoms with van der Waals surface area (Å²) in [5.74, 6) is -0.105. The van der Waals surface area contributed by atoms with Crippen LogP contribution >= 0.6 is 0 Å². The number of aryl methyl sites for hydroxylation is 2. The van der Waals surface area contributed by atoms with Crippen LogP contribution in [-0.4, -0.2) is 28.0 Å². The van der Waals surface area contributed by atoms with Crippen LogP contribution in [0.5, 0.6) is 11.5 Å². The highest BCUT2D eigenvalue weighted by molar-refractivity contribution is 7.89. The Morgan fingerprint density at radius 3 is 2.38 bits per heavy atom. The van der Waals surface area contributed by atoms with Crippen molar-refractivity contribution in [3.8, 4) is 11.5 Å². The zero-order valence-electron chi connectivity index (χ0n) is 13.7. The number of hydrogen-bond donors (Lipinski definition) is 1. The number of para-hydroxylation sites is 2. The van der Waals surface area contributed by atoms with Crippen LogP contribution in [0.15, 0.2) is 47.4 Å². The van der Waals surface area contributed by atoms with E-state index in [1.807, 2.05) is 6.92 Å². The molecule has 2 rings (SSSR count). The minimum atomic E-state index is -3.79. The molecule has 7 heteroatoms. The van der Waals surface area contributed by atoms with Gasteiger partial charge in [-0.1, -0.05) is 29.8 Å². The topological polar surface area (TPSA) is 81.7 Å². The van der Waals surface area contributed by atoms with Crippen LogP contribution in [0.1, 0.15) is 11.1 Å². The highest BCUT2D eigenvalue weighted by Gasteiger charge is 2.19. The molecular formula is C17H19NO5S. The molecule has 0 saturated carbocycles. The van der Waals surface area contributed by atoms with E-state index < -0.39 is 22.5 Å². The van der Waals surface area contributed by atoms with E-state index in [1.165, 1.54) is 13.2 Å². The van der Waals surface area contributed by atoms with Gasteiger partial charge in [0.2, 0.25) is 10.0 Å². The molecule has 24 heavy (non-hydrogen) atoms. The summed E-state index contributed by atoms with van der Waals surface area (Å²) in [6.45, 7) is 3.10. The number of hydrogen-bond acceptors (Lipinski definition) is 5. The molecule has 0 saturated heterocycles. The van der Waals surface area contributed by atoms with E-state index in [2.05, 4.69) is 4.72 Å². The Bertz CT molecular complexity index is 846. The highest BCUT2D eigenvalue weighted by atomic mass is 32.2. The second-order valence-electron chi connectivity index (χ2n) is 5.22. The number of carbonyl (C=O) groups excluding carboxylic acids is 1. The van der Waals surface area contributed by atoms with Crippen molar-refractivity contribution < 1.29 is 22.7 Å². The van der Waals surface area contributed by atoms with Crippen molar-refractivity contribution in [1.29, 1.82) is 0 Å². The lowest BCUT2D eigenvalue weighted by atomic mass is 10.2. The van der Waals surface area contributed by atoms with E-state index in [0.717, 1.165) is 5.56 Å². The van der Waals surface area contributed by atoms with Gasteiger partial charge in [0.1, 0.15) is 6.54 Å². The molecule has 0 unspecified atom stereocenters. The third kappa shape index (κ3) is 4.33. The fourth-order valence-corrected chi connectivity index (χ4v) is 3.39. The SMILES string of the molecule is COc1ccccc1OC(=O)CNS(=O)(=O)c1ccc(C)cc1C. The Hall–Kier alpha value is -2.38. The van der Waals surface area contributed by atoms with Crippen LogP contribution in [0.25, 0.3) is 0 Å². The number of nitrogens with one attached hydrogen (secondary N) is 1. The minimum Gasteiger partial charge on any atom is -0.493 e. The largest absolute Gasteiger partial charge is 0.493 e. The van der Waals surface area contributed by atoms with Crippen LogP contribution in [0.2, 0.25) is 0 Å². The number of sulfonamides is 1. The quantitative estimate of drug-likeness (QED) is 0.639. The van der Waals surface area contributed by atoms with Gasteiger partial charge in [-0.2, -0.15) is 4.72 Å². The van der Waals surface area contributed by atoms with Crippen LogP contribution in [0, 0.1) is 13.8 Å². The number of benzene rings is 2. The van der Waals surface area contributed by atoms with E-state index in [1.54, 1.807) is 43.3 Å². The predicted molar refractivity (Wildman–Crippen MR) is 89.7 cm³/mol. The third-order valence-corrected chi connectivity index (χ3v) is 4.88. The Kier molecular flexibility index (Phi) is 5.58. The van der Waals surface area contributed by atoms with Crippen molar-refractivity contribution in [3.05, 3.63) is 53.6 Å². The summed E-state index contributed by atoms with van der Waals surface area (Å²) in [7, 11) is -2.34. The molecule has 0 aliphatic carbocycles. The molecule has 0 spiro atoms. The van der Waals surface area contributed by atoms with Crippen molar-refractivity contribution in [1.82, 2.24) is 4.72 Å². The van der Waals surface area contributed by atoms with Gasteiger partial charge in [-0.15, -0.1) is 0 Å². The van der Waals surface area contributed by atoms with Gasteiger partial charge in [0, 0.05) is 0 Å². The van der Waals surface area contributed by atoms with Gasteiger partial charge in [0.05, 0.1) is 12.0 Å². The first-order valence-electron chi connectivity index (χ1n) is 7.24. The lowest BCUT2D eigenvalue weighted by molar-refractivity contribution is -0.133. The van der Waals surface area contributed by atoms with Gasteiger partial charge in [0.25, 0.3) is 0 Å². The smallest absolute Gasteiger partial charge is 0.326 e. The normalized spacial score (nSPS) is 11.1. The Balaban J connectivity index is 2.05. The van der Waals surface area contributed by atoms with Gasteiger partial charge in [-0.3, -0.25) is 4.79 Å². The second-order valence-corrected chi connectivity index (χ2v) is 6.95. The number of carbonyl (C=O) groups is 1. The maximum atomic E-state index is 12.3. The Morgan fingerprint density at radius 2 is 1.75 bits per heavy atom. The molecule has 0 amide bonds. The van der Waals surface area contributed by atoms with Gasteiger partial charge < -0.3 is 9.47 Å². The molecule has 0 bridgehead atoms. The van der Waals surface area contributed by atoms with Gasteiger partial charge in [0.15, 0.2) is 11.5 Å². The molecule has 0 heterocycles. The molecule has 0 aliphatic rings. The van der Waals surface area contributed by atoms with Gasteiger partial charge >= 0.3 is 5.97 Å². The van der Waals surface area contributed by atoms with Gasteiger partial charge in [-0.25, -0.2) is 8.42 Å². The number of rotatable bonds is 6. The molecule has 0 atom stereocenters. The summed E-state index contributed by atoms with van der Waals surface area (Å²) in [4.78, 5) is 12.0. The summed E-state index contributed by atoms with van der Waals surface area (Å²) in [5.41, 5.74) is 1.57. The fraction of sp³-hybridized carbons (Fsp3) is 0.235. The van der Waals surface area contributed by atoms with E-state index in [4.69, 9.17) is 9.47 Å². The van der Waals surface area contributed by atoms with Crippen LogP contribution in [0.3, 0.4) is 0 Å². The van der Waals surface area contributed by atoms with Crippen molar-refractivity contribution in [2.24, 2.45) is 0 Å². The third-order valence-electron chi connectivity index (χ3n) is 3.32. The van der Waals surface area contributed by atoms with Crippen molar-refractivity contribution in [2.45, 2.75) is 18.7 Å². The van der Waals surface area contributed by atoms with Crippen LogP contribution in [-0.2, 0) is 14.8 Å². The monoisotopic (exact) mass is 349 g/mol. The average molecular weight is 349 g/mol. The van der Waals surface area contributed by atoms with E-state index >= 15 is 0 Å². The molecule has 2 aromatic rings. The molecule has 0 aromatic heterocycles. The zero-order chi connectivity index (χ0) is 17.7. The fourth-order valence-electron chi connectivity index (χ4n) is 2.19. The Morgan fingerprint density at radius 1 is 1.08 bits per heavy atom. The summed E-state index contributed by atoms with van der Waals surface area (Å²) in [6, 6.07) is 11.6. The second kappa shape index (κ2) is 7.46. The van der Waals surface area contributed by atoms with Crippen LogP contribution in [0.4, 0.5) is 0 Å².